The third kappa shape index (κ3) is 4.11. The van der Waals surface area contributed by atoms with Crippen molar-refractivity contribution in [2.45, 2.75) is 18.3 Å². The van der Waals surface area contributed by atoms with Gasteiger partial charge >= 0.3 is 0 Å². The first kappa shape index (κ1) is 25.9. The Kier molecular flexibility index (Phi) is 6.03. The summed E-state index contributed by atoms with van der Waals surface area (Å²) in [5.74, 6) is -1.22. The number of likely N-dealkylation sites (tertiary alicyclic amines) is 1. The Morgan fingerprint density at radius 2 is 1.79 bits per heavy atom. The first-order chi connectivity index (χ1) is 20.4. The topological polar surface area (TPSA) is 96.3 Å². The number of aromatic nitrogens is 4. The normalized spacial score (nSPS) is 15.8. The number of nitrogens with one attached hydrogen (secondary N) is 1. The predicted octanol–water partition coefficient (Wildman–Crippen LogP) is 4.87. The predicted molar refractivity (Wildman–Crippen MR) is 151 cm³/mol. The van der Waals surface area contributed by atoms with E-state index < -0.39 is 23.0 Å². The van der Waals surface area contributed by atoms with E-state index in [1.54, 1.807) is 46.5 Å². The monoisotopic (exact) mass is 568 g/mol. The molecule has 1 N–H and O–H groups in total. The molecule has 0 unspecified atom stereocenters. The average Bonchev–Trinajstić information content (AvgIpc) is 3.73. The van der Waals surface area contributed by atoms with E-state index in [4.69, 9.17) is 4.74 Å². The second-order valence-electron chi connectivity index (χ2n) is 10.7. The quantitative estimate of drug-likeness (QED) is 0.334. The number of rotatable bonds is 4. The molecule has 1 spiro atoms. The van der Waals surface area contributed by atoms with E-state index in [0.29, 0.717) is 43.7 Å². The van der Waals surface area contributed by atoms with E-state index >= 15 is 0 Å². The van der Waals surface area contributed by atoms with Gasteiger partial charge in [0.15, 0.2) is 5.69 Å². The van der Waals surface area contributed by atoms with Crippen LogP contribution in [0.2, 0.25) is 0 Å². The molecule has 212 valence electrons. The summed E-state index contributed by atoms with van der Waals surface area (Å²) in [6, 6.07) is 15.7. The van der Waals surface area contributed by atoms with Crippen LogP contribution >= 0.6 is 0 Å². The zero-order chi connectivity index (χ0) is 29.0. The Labute approximate surface area is 239 Å². The van der Waals surface area contributed by atoms with Crippen LogP contribution in [0.15, 0.2) is 73.1 Å². The minimum Gasteiger partial charge on any atom is -0.481 e. The zero-order valence-corrected chi connectivity index (χ0v) is 22.7. The smallest absolute Gasteiger partial charge is 0.278 e. The van der Waals surface area contributed by atoms with Gasteiger partial charge in [-0.15, -0.1) is 0 Å². The van der Waals surface area contributed by atoms with Crippen molar-refractivity contribution in [3.63, 3.8) is 0 Å². The Morgan fingerprint density at radius 1 is 0.976 bits per heavy atom. The van der Waals surface area contributed by atoms with Gasteiger partial charge in [0.05, 0.1) is 12.7 Å². The molecule has 2 aliphatic rings. The maximum atomic E-state index is 14.6. The van der Waals surface area contributed by atoms with Crippen LogP contribution in [0.3, 0.4) is 0 Å². The molecule has 9 nitrogen and oxygen atoms in total. The molecule has 7 rings (SSSR count). The van der Waals surface area contributed by atoms with Gasteiger partial charge in [-0.1, -0.05) is 12.1 Å². The number of carbonyl (C=O) groups is 2. The maximum absolute atomic E-state index is 14.6. The molecule has 3 aromatic heterocycles. The van der Waals surface area contributed by atoms with Crippen molar-refractivity contribution in [2.75, 3.05) is 31.6 Å². The van der Waals surface area contributed by atoms with Crippen molar-refractivity contribution in [3.05, 3.63) is 102 Å². The molecule has 2 aliphatic heterocycles. The van der Waals surface area contributed by atoms with E-state index in [1.807, 2.05) is 12.1 Å². The number of para-hydroxylation sites is 1. The fourth-order valence-electron chi connectivity index (χ4n) is 6.18. The Bertz CT molecular complexity index is 1860. The molecule has 0 saturated carbocycles. The molecule has 1 saturated heterocycles. The van der Waals surface area contributed by atoms with Gasteiger partial charge in [0.25, 0.3) is 11.8 Å². The van der Waals surface area contributed by atoms with Crippen LogP contribution < -0.4 is 9.64 Å². The summed E-state index contributed by atoms with van der Waals surface area (Å²) in [6.45, 7) is 1.19. The number of carbonyl (C=O) groups excluding carboxylic acids is 2. The number of methoxy groups -OCH3 is 1. The highest BCUT2D eigenvalue weighted by Crippen LogP contribution is 2.48. The highest BCUT2D eigenvalue weighted by atomic mass is 19.1. The standard InChI is InChI=1S/C31H26F2N6O3/c1-42-27-16-24(36-39(27)26-5-3-2-4-23(26)33)30(41)38-18-31(22-15-21(32)6-7-25(22)38)9-12-37(13-10-31)29(40)20-14-19-8-11-34-28(19)35-17-20/h2-8,11,14-17H,9-10,12-13,18H2,1H3,(H,34,35). The molecular formula is C31H26F2N6O3. The van der Waals surface area contributed by atoms with Crippen LogP contribution in [0, 0.1) is 11.6 Å². The summed E-state index contributed by atoms with van der Waals surface area (Å²) >= 11 is 0. The van der Waals surface area contributed by atoms with Gasteiger partial charge in [-0.05, 0) is 60.9 Å². The number of hydrogen-bond donors (Lipinski definition) is 1. The molecular weight excluding hydrogens is 542 g/mol. The van der Waals surface area contributed by atoms with Crippen LogP contribution in [0.1, 0.15) is 39.3 Å². The van der Waals surface area contributed by atoms with Crippen molar-refractivity contribution in [1.82, 2.24) is 24.6 Å². The zero-order valence-electron chi connectivity index (χ0n) is 22.7. The second kappa shape index (κ2) is 9.79. The summed E-state index contributed by atoms with van der Waals surface area (Å²) in [4.78, 5) is 38.0. The highest BCUT2D eigenvalue weighted by Gasteiger charge is 2.47. The number of benzene rings is 2. The molecule has 0 radical (unpaired) electrons. The van der Waals surface area contributed by atoms with Gasteiger partial charge in [0, 0.05) is 54.6 Å². The molecule has 0 bridgehead atoms. The molecule has 5 heterocycles. The first-order valence-corrected chi connectivity index (χ1v) is 13.6. The largest absolute Gasteiger partial charge is 0.481 e. The Morgan fingerprint density at radius 3 is 2.57 bits per heavy atom. The van der Waals surface area contributed by atoms with E-state index in [-0.39, 0.29) is 23.2 Å². The lowest BCUT2D eigenvalue weighted by Gasteiger charge is -2.39. The number of anilines is 1. The van der Waals surface area contributed by atoms with Crippen molar-refractivity contribution in [3.8, 4) is 11.6 Å². The van der Waals surface area contributed by atoms with Crippen LogP contribution in [-0.4, -0.2) is 63.2 Å². The number of pyridine rings is 1. The number of halogens is 2. The number of piperidine rings is 1. The number of aromatic amines is 1. The number of fused-ring (bicyclic) bond motifs is 3. The van der Waals surface area contributed by atoms with E-state index in [9.17, 15) is 18.4 Å². The summed E-state index contributed by atoms with van der Waals surface area (Å²) in [7, 11) is 1.42. The molecule has 11 heteroatoms. The Hall–Kier alpha value is -5.06. The van der Waals surface area contributed by atoms with Crippen LogP contribution in [-0.2, 0) is 5.41 Å². The minimum absolute atomic E-state index is 0.0719. The van der Waals surface area contributed by atoms with Crippen LogP contribution in [0.5, 0.6) is 5.88 Å². The summed E-state index contributed by atoms with van der Waals surface area (Å²) in [5, 5.41) is 5.25. The van der Waals surface area contributed by atoms with Gasteiger partial charge in [-0.25, -0.2) is 13.8 Å². The first-order valence-electron chi connectivity index (χ1n) is 13.6. The fourth-order valence-corrected chi connectivity index (χ4v) is 6.18. The molecule has 1 fully saturated rings. The number of hydrogen-bond acceptors (Lipinski definition) is 5. The van der Waals surface area contributed by atoms with Crippen molar-refractivity contribution < 1.29 is 23.1 Å². The summed E-state index contributed by atoms with van der Waals surface area (Å²) in [5.41, 5.74) is 2.24. The van der Waals surface area contributed by atoms with Crippen LogP contribution in [0.4, 0.5) is 14.5 Å². The van der Waals surface area contributed by atoms with Crippen molar-refractivity contribution >= 4 is 28.5 Å². The molecule has 2 aromatic carbocycles. The molecule has 0 aliphatic carbocycles. The van der Waals surface area contributed by atoms with Gasteiger partial charge in [-0.2, -0.15) is 9.78 Å². The lowest BCUT2D eigenvalue weighted by molar-refractivity contribution is 0.0670. The van der Waals surface area contributed by atoms with E-state index in [0.717, 1.165) is 16.6 Å². The third-order valence-electron chi connectivity index (χ3n) is 8.37. The second-order valence-corrected chi connectivity index (χ2v) is 10.7. The van der Waals surface area contributed by atoms with Gasteiger partial charge in [0.1, 0.15) is 23.0 Å². The number of ether oxygens (including phenoxy) is 1. The molecule has 42 heavy (non-hydrogen) atoms. The van der Waals surface area contributed by atoms with Crippen LogP contribution in [0.25, 0.3) is 16.7 Å². The average molecular weight is 569 g/mol. The molecule has 0 atom stereocenters. The number of nitrogens with zero attached hydrogens (tertiary/aromatic N) is 5. The van der Waals surface area contributed by atoms with E-state index in [2.05, 4.69) is 15.1 Å². The van der Waals surface area contributed by atoms with E-state index in [1.165, 1.54) is 36.1 Å². The third-order valence-corrected chi connectivity index (χ3v) is 8.37. The maximum Gasteiger partial charge on any atom is 0.278 e. The SMILES string of the molecule is COc1cc(C(=O)N2CC3(CCN(C(=O)c4cnc5[nH]ccc5c4)CC3)c3cc(F)ccc32)nn1-c1ccccc1F. The molecule has 2 amide bonds. The molecule has 5 aromatic rings. The van der Waals surface area contributed by atoms with Crippen molar-refractivity contribution in [1.29, 1.82) is 0 Å². The lowest BCUT2D eigenvalue weighted by Crippen LogP contribution is -2.48. The fraction of sp³-hybridized carbons (Fsp3) is 0.226. The number of amides is 2. The number of H-pyrrole nitrogens is 1. The van der Waals surface area contributed by atoms with Gasteiger partial charge in [0.2, 0.25) is 5.88 Å². The highest BCUT2D eigenvalue weighted by molar-refractivity contribution is 6.07. The Balaban J connectivity index is 1.16. The van der Waals surface area contributed by atoms with Gasteiger partial charge < -0.3 is 19.5 Å². The summed E-state index contributed by atoms with van der Waals surface area (Å²) in [6.07, 6.45) is 4.44. The summed E-state index contributed by atoms with van der Waals surface area (Å²) < 4.78 is 35.8. The van der Waals surface area contributed by atoms with Gasteiger partial charge in [-0.3, -0.25) is 9.59 Å². The van der Waals surface area contributed by atoms with Crippen molar-refractivity contribution in [2.24, 2.45) is 0 Å². The minimum atomic E-state index is -0.537. The lowest BCUT2D eigenvalue weighted by atomic mass is 9.74.